The Balaban J connectivity index is 1.99. The number of hydrogen-bond donors (Lipinski definition) is 1. The highest BCUT2D eigenvalue weighted by Crippen LogP contribution is 2.23. The first-order valence-corrected chi connectivity index (χ1v) is 7.15. The van der Waals surface area contributed by atoms with Crippen molar-refractivity contribution in [2.24, 2.45) is 0 Å². The first-order chi connectivity index (χ1) is 9.24. The number of rotatable bonds is 7. The molecule has 0 aliphatic rings. The smallest absolute Gasteiger partial charge is 0.169 e. The predicted molar refractivity (Wildman–Crippen MR) is 76.9 cm³/mol. The number of nitrogens with one attached hydrogen (secondary N) is 1. The number of para-hydroxylation sites is 1. The summed E-state index contributed by atoms with van der Waals surface area (Å²) in [6.07, 6.45) is 4.13. The summed E-state index contributed by atoms with van der Waals surface area (Å²) in [6, 6.07) is 7.50. The molecule has 0 radical (unpaired) electrons. The van der Waals surface area contributed by atoms with E-state index in [1.165, 1.54) is 6.07 Å². The Morgan fingerprint density at radius 1 is 1.32 bits per heavy atom. The van der Waals surface area contributed by atoms with Crippen molar-refractivity contribution >= 4 is 11.0 Å². The zero-order chi connectivity index (χ0) is 13.7. The first-order valence-electron chi connectivity index (χ1n) is 7.15. The minimum Gasteiger partial charge on any atom is -0.458 e. The van der Waals surface area contributed by atoms with Crippen LogP contribution in [0, 0.1) is 5.82 Å². The van der Waals surface area contributed by atoms with Gasteiger partial charge in [-0.15, -0.1) is 0 Å². The van der Waals surface area contributed by atoms with Gasteiger partial charge in [0.25, 0.3) is 0 Å². The fraction of sp³-hybridized carbons (Fsp3) is 0.500. The molecule has 0 saturated carbocycles. The second-order valence-corrected chi connectivity index (χ2v) is 4.97. The van der Waals surface area contributed by atoms with Crippen molar-refractivity contribution in [1.29, 1.82) is 0 Å². The van der Waals surface area contributed by atoms with Crippen LogP contribution in [0.5, 0.6) is 0 Å². The molecular weight excluding hydrogens is 241 g/mol. The van der Waals surface area contributed by atoms with E-state index < -0.39 is 0 Å². The molecule has 0 amide bonds. The maximum absolute atomic E-state index is 13.5. The minimum atomic E-state index is -0.278. The van der Waals surface area contributed by atoms with Crippen LogP contribution in [0.4, 0.5) is 4.39 Å². The Labute approximate surface area is 114 Å². The molecule has 2 nitrogen and oxygen atoms in total. The summed E-state index contributed by atoms with van der Waals surface area (Å²) in [5.41, 5.74) is 0.382. The van der Waals surface area contributed by atoms with Crippen LogP contribution < -0.4 is 5.32 Å². The van der Waals surface area contributed by atoms with Gasteiger partial charge in [-0.05, 0) is 37.9 Å². The van der Waals surface area contributed by atoms with Crippen LogP contribution in [0.15, 0.2) is 28.7 Å². The molecule has 3 heteroatoms. The molecule has 1 N–H and O–H groups in total. The molecule has 0 spiro atoms. The third-order valence-electron chi connectivity index (χ3n) is 3.46. The van der Waals surface area contributed by atoms with E-state index in [2.05, 4.69) is 19.2 Å². The summed E-state index contributed by atoms with van der Waals surface area (Å²) in [4.78, 5) is 0. The van der Waals surface area contributed by atoms with Crippen molar-refractivity contribution in [2.75, 3.05) is 6.54 Å². The van der Waals surface area contributed by atoms with E-state index in [-0.39, 0.29) is 5.82 Å². The van der Waals surface area contributed by atoms with Crippen molar-refractivity contribution in [2.45, 2.75) is 45.6 Å². The fourth-order valence-corrected chi connectivity index (χ4v) is 2.32. The Hall–Kier alpha value is -1.35. The molecule has 0 aliphatic carbocycles. The number of hydrogen-bond acceptors (Lipinski definition) is 2. The maximum atomic E-state index is 13.5. The van der Waals surface area contributed by atoms with Gasteiger partial charge in [-0.2, -0.15) is 0 Å². The number of fused-ring (bicyclic) bond motifs is 1. The van der Waals surface area contributed by atoms with Crippen molar-refractivity contribution in [3.63, 3.8) is 0 Å². The molecule has 2 aromatic rings. The molecule has 104 valence electrons. The van der Waals surface area contributed by atoms with Crippen molar-refractivity contribution < 1.29 is 8.81 Å². The van der Waals surface area contributed by atoms with Gasteiger partial charge in [0.15, 0.2) is 11.4 Å². The standard InChI is InChI=1S/C16H22FNO/c1-3-10-18-13(4-2)8-9-14-11-12-6-5-7-15(17)16(12)19-14/h5-7,11,13,18H,3-4,8-10H2,1-2H3. The Morgan fingerprint density at radius 3 is 2.84 bits per heavy atom. The lowest BCUT2D eigenvalue weighted by atomic mass is 10.1. The van der Waals surface area contributed by atoms with Crippen LogP contribution in [0.25, 0.3) is 11.0 Å². The summed E-state index contributed by atoms with van der Waals surface area (Å²) in [5, 5.41) is 4.37. The van der Waals surface area contributed by atoms with Gasteiger partial charge in [0.2, 0.25) is 0 Å². The summed E-state index contributed by atoms with van der Waals surface area (Å²) in [6.45, 7) is 5.40. The molecule has 1 unspecified atom stereocenters. The van der Waals surface area contributed by atoms with Crippen LogP contribution in [-0.2, 0) is 6.42 Å². The van der Waals surface area contributed by atoms with Gasteiger partial charge in [0.05, 0.1) is 0 Å². The zero-order valence-electron chi connectivity index (χ0n) is 11.7. The highest BCUT2D eigenvalue weighted by Gasteiger charge is 2.10. The average molecular weight is 263 g/mol. The average Bonchev–Trinajstić information content (AvgIpc) is 2.83. The molecule has 0 saturated heterocycles. The molecule has 0 bridgehead atoms. The lowest BCUT2D eigenvalue weighted by Gasteiger charge is -2.15. The summed E-state index contributed by atoms with van der Waals surface area (Å²) >= 11 is 0. The van der Waals surface area contributed by atoms with Crippen LogP contribution in [0.3, 0.4) is 0 Å². The van der Waals surface area contributed by atoms with Gasteiger partial charge in [-0.1, -0.05) is 26.0 Å². The Morgan fingerprint density at radius 2 is 2.16 bits per heavy atom. The summed E-state index contributed by atoms with van der Waals surface area (Å²) in [5.74, 6) is 0.594. The SMILES string of the molecule is CCCNC(CC)CCc1cc2cccc(F)c2o1. The fourth-order valence-electron chi connectivity index (χ4n) is 2.32. The van der Waals surface area contributed by atoms with E-state index >= 15 is 0 Å². The van der Waals surface area contributed by atoms with Crippen molar-refractivity contribution in [3.05, 3.63) is 35.8 Å². The largest absolute Gasteiger partial charge is 0.458 e. The van der Waals surface area contributed by atoms with E-state index in [4.69, 9.17) is 4.42 Å². The van der Waals surface area contributed by atoms with Gasteiger partial charge in [-0.3, -0.25) is 0 Å². The van der Waals surface area contributed by atoms with E-state index in [9.17, 15) is 4.39 Å². The van der Waals surface area contributed by atoms with Gasteiger partial charge in [0.1, 0.15) is 5.76 Å². The predicted octanol–water partition coefficient (Wildman–Crippen LogP) is 4.28. The van der Waals surface area contributed by atoms with Crippen LogP contribution in [-0.4, -0.2) is 12.6 Å². The van der Waals surface area contributed by atoms with Crippen LogP contribution >= 0.6 is 0 Å². The van der Waals surface area contributed by atoms with Crippen LogP contribution in [0.1, 0.15) is 38.9 Å². The topological polar surface area (TPSA) is 25.2 Å². The highest BCUT2D eigenvalue weighted by molar-refractivity contribution is 5.78. The number of benzene rings is 1. The molecule has 2 rings (SSSR count). The summed E-state index contributed by atoms with van der Waals surface area (Å²) < 4.78 is 19.1. The molecule has 19 heavy (non-hydrogen) atoms. The van der Waals surface area contributed by atoms with Gasteiger partial charge in [-0.25, -0.2) is 4.39 Å². The molecule has 0 fully saturated rings. The Kier molecular flexibility index (Phi) is 4.97. The lowest BCUT2D eigenvalue weighted by Crippen LogP contribution is -2.29. The lowest BCUT2D eigenvalue weighted by molar-refractivity contribution is 0.441. The monoisotopic (exact) mass is 263 g/mol. The maximum Gasteiger partial charge on any atom is 0.169 e. The number of aryl methyl sites for hydroxylation is 1. The van der Waals surface area contributed by atoms with E-state index in [0.29, 0.717) is 11.6 Å². The van der Waals surface area contributed by atoms with Gasteiger partial charge < -0.3 is 9.73 Å². The molecule has 1 atom stereocenters. The summed E-state index contributed by atoms with van der Waals surface area (Å²) in [7, 11) is 0. The van der Waals surface area contributed by atoms with Gasteiger partial charge in [0, 0.05) is 17.8 Å². The number of furan rings is 1. The third kappa shape index (κ3) is 3.57. The molecule has 1 aromatic carbocycles. The van der Waals surface area contributed by atoms with E-state index in [1.54, 1.807) is 6.07 Å². The van der Waals surface area contributed by atoms with E-state index in [1.807, 2.05) is 12.1 Å². The zero-order valence-corrected chi connectivity index (χ0v) is 11.7. The van der Waals surface area contributed by atoms with Crippen molar-refractivity contribution in [1.82, 2.24) is 5.32 Å². The Bertz CT molecular complexity index is 520. The molecule has 1 aromatic heterocycles. The number of halogens is 1. The minimum absolute atomic E-state index is 0.278. The van der Waals surface area contributed by atoms with Crippen molar-refractivity contribution in [3.8, 4) is 0 Å². The third-order valence-corrected chi connectivity index (χ3v) is 3.46. The van der Waals surface area contributed by atoms with E-state index in [0.717, 1.165) is 43.4 Å². The van der Waals surface area contributed by atoms with Crippen LogP contribution in [0.2, 0.25) is 0 Å². The molecule has 1 heterocycles. The molecule has 0 aliphatic heterocycles. The second-order valence-electron chi connectivity index (χ2n) is 4.97. The quantitative estimate of drug-likeness (QED) is 0.806. The highest BCUT2D eigenvalue weighted by atomic mass is 19.1. The second kappa shape index (κ2) is 6.71. The molecular formula is C16H22FNO. The normalized spacial score (nSPS) is 13.0. The van der Waals surface area contributed by atoms with Gasteiger partial charge >= 0.3 is 0 Å². The first kappa shape index (κ1) is 14.1.